The standard InChI is InChI=1S/C22H18N4O3S/c27-18(26-16-8-6-15(7-9-16)22(28)29)10-11-23-20-19-17(14-4-2-1-3-5-14)12-30-21(19)25-13-24-20/h1-9,12-13H,10-11H2,(H,26,27)(H,28,29)(H,23,24,25). The second-order valence-electron chi connectivity index (χ2n) is 6.53. The highest BCUT2D eigenvalue weighted by molar-refractivity contribution is 7.17. The molecule has 4 rings (SSSR count). The van der Waals surface area contributed by atoms with Gasteiger partial charge in [0.1, 0.15) is 17.0 Å². The Balaban J connectivity index is 1.42. The van der Waals surface area contributed by atoms with Gasteiger partial charge in [-0.05, 0) is 29.8 Å². The van der Waals surface area contributed by atoms with E-state index in [4.69, 9.17) is 5.11 Å². The van der Waals surface area contributed by atoms with Crippen LogP contribution in [0.4, 0.5) is 11.5 Å². The molecule has 7 nitrogen and oxygen atoms in total. The number of nitrogens with zero attached hydrogens (tertiary/aromatic N) is 2. The molecule has 8 heteroatoms. The van der Waals surface area contributed by atoms with Crippen LogP contribution in [0.5, 0.6) is 0 Å². The quantitative estimate of drug-likeness (QED) is 0.408. The van der Waals surface area contributed by atoms with E-state index >= 15 is 0 Å². The fourth-order valence-corrected chi connectivity index (χ4v) is 3.97. The lowest BCUT2D eigenvalue weighted by Crippen LogP contribution is -2.16. The predicted molar refractivity (Wildman–Crippen MR) is 118 cm³/mol. The Kier molecular flexibility index (Phi) is 5.67. The Bertz CT molecular complexity index is 1190. The van der Waals surface area contributed by atoms with Gasteiger partial charge in [-0.2, -0.15) is 0 Å². The summed E-state index contributed by atoms with van der Waals surface area (Å²) < 4.78 is 0. The topological polar surface area (TPSA) is 104 Å². The van der Waals surface area contributed by atoms with Gasteiger partial charge in [-0.1, -0.05) is 30.3 Å². The van der Waals surface area contributed by atoms with Gasteiger partial charge in [0.15, 0.2) is 0 Å². The average Bonchev–Trinajstić information content (AvgIpc) is 3.20. The van der Waals surface area contributed by atoms with Crippen molar-refractivity contribution >= 4 is 44.9 Å². The van der Waals surface area contributed by atoms with E-state index in [0.29, 0.717) is 18.1 Å². The van der Waals surface area contributed by atoms with Crippen molar-refractivity contribution in [1.82, 2.24) is 9.97 Å². The highest BCUT2D eigenvalue weighted by Gasteiger charge is 2.13. The van der Waals surface area contributed by atoms with E-state index in [-0.39, 0.29) is 17.9 Å². The summed E-state index contributed by atoms with van der Waals surface area (Å²) in [7, 11) is 0. The van der Waals surface area contributed by atoms with Crippen LogP contribution < -0.4 is 10.6 Å². The molecule has 0 bridgehead atoms. The number of rotatable bonds is 7. The third-order valence-corrected chi connectivity index (χ3v) is 5.40. The van der Waals surface area contributed by atoms with Crippen LogP contribution in [0.15, 0.2) is 66.3 Å². The molecule has 0 radical (unpaired) electrons. The first-order chi connectivity index (χ1) is 14.6. The van der Waals surface area contributed by atoms with Gasteiger partial charge in [0.25, 0.3) is 0 Å². The molecule has 0 aliphatic heterocycles. The van der Waals surface area contributed by atoms with E-state index in [1.165, 1.54) is 18.5 Å². The number of aromatic carboxylic acids is 1. The third kappa shape index (κ3) is 4.28. The Labute approximate surface area is 176 Å². The lowest BCUT2D eigenvalue weighted by atomic mass is 10.1. The summed E-state index contributed by atoms with van der Waals surface area (Å²) in [5, 5.41) is 17.9. The molecule has 2 heterocycles. The number of carboxylic acids is 1. The highest BCUT2D eigenvalue weighted by Crippen LogP contribution is 2.36. The van der Waals surface area contributed by atoms with Gasteiger partial charge >= 0.3 is 5.97 Å². The fraction of sp³-hybridized carbons (Fsp3) is 0.0909. The summed E-state index contributed by atoms with van der Waals surface area (Å²) in [6.07, 6.45) is 1.75. The molecule has 3 N–H and O–H groups in total. The van der Waals surface area contributed by atoms with Crippen LogP contribution in [0.2, 0.25) is 0 Å². The Hall–Kier alpha value is -3.78. The summed E-state index contributed by atoms with van der Waals surface area (Å²) in [5.41, 5.74) is 2.87. The normalized spacial score (nSPS) is 10.7. The maximum atomic E-state index is 12.2. The minimum atomic E-state index is -1.00. The molecule has 0 spiro atoms. The molecule has 0 atom stereocenters. The summed E-state index contributed by atoms with van der Waals surface area (Å²) in [5.74, 6) is -0.486. The molecule has 30 heavy (non-hydrogen) atoms. The van der Waals surface area contributed by atoms with Crippen molar-refractivity contribution < 1.29 is 14.7 Å². The Morgan fingerprint density at radius 1 is 1.00 bits per heavy atom. The van der Waals surface area contributed by atoms with E-state index in [1.807, 2.05) is 30.3 Å². The number of hydrogen-bond donors (Lipinski definition) is 3. The number of nitrogens with one attached hydrogen (secondary N) is 2. The Morgan fingerprint density at radius 2 is 1.77 bits per heavy atom. The SMILES string of the molecule is O=C(CCNc1ncnc2scc(-c3ccccc3)c12)Nc1ccc(C(=O)O)cc1. The predicted octanol–water partition coefficient (Wildman–Crippen LogP) is 4.50. The molecular formula is C22H18N4O3S. The van der Waals surface area contributed by atoms with Crippen LogP contribution in [0.1, 0.15) is 16.8 Å². The molecule has 1 amide bonds. The third-order valence-electron chi connectivity index (χ3n) is 4.52. The molecule has 150 valence electrons. The maximum absolute atomic E-state index is 12.2. The van der Waals surface area contributed by atoms with Crippen molar-refractivity contribution in [3.63, 3.8) is 0 Å². The van der Waals surface area contributed by atoms with Gasteiger partial charge in [0.2, 0.25) is 5.91 Å². The van der Waals surface area contributed by atoms with Crippen molar-refractivity contribution in [2.45, 2.75) is 6.42 Å². The zero-order valence-electron chi connectivity index (χ0n) is 15.8. The van der Waals surface area contributed by atoms with Gasteiger partial charge in [0, 0.05) is 29.6 Å². The molecule has 0 saturated heterocycles. The second-order valence-corrected chi connectivity index (χ2v) is 7.38. The maximum Gasteiger partial charge on any atom is 0.335 e. The molecule has 2 aromatic carbocycles. The van der Waals surface area contributed by atoms with Crippen LogP contribution in [0, 0.1) is 0 Å². The lowest BCUT2D eigenvalue weighted by Gasteiger charge is -2.09. The van der Waals surface area contributed by atoms with E-state index in [0.717, 1.165) is 21.3 Å². The molecule has 0 fully saturated rings. The van der Waals surface area contributed by atoms with Gasteiger partial charge in [-0.15, -0.1) is 11.3 Å². The van der Waals surface area contributed by atoms with Crippen LogP contribution in [-0.2, 0) is 4.79 Å². The minimum absolute atomic E-state index is 0.174. The Morgan fingerprint density at radius 3 is 2.50 bits per heavy atom. The number of carbonyl (C=O) groups is 2. The molecule has 4 aromatic rings. The number of benzene rings is 2. The summed E-state index contributed by atoms with van der Waals surface area (Å²) in [6.45, 7) is 0.398. The monoisotopic (exact) mass is 418 g/mol. The van der Waals surface area contributed by atoms with Crippen molar-refractivity contribution in [1.29, 1.82) is 0 Å². The molecule has 2 aromatic heterocycles. The van der Waals surface area contributed by atoms with E-state index in [9.17, 15) is 9.59 Å². The number of aromatic nitrogens is 2. The number of carboxylic acid groups (broad SMARTS) is 1. The van der Waals surface area contributed by atoms with Gasteiger partial charge in [-0.3, -0.25) is 4.79 Å². The first-order valence-corrected chi connectivity index (χ1v) is 10.1. The lowest BCUT2D eigenvalue weighted by molar-refractivity contribution is -0.115. The zero-order valence-corrected chi connectivity index (χ0v) is 16.6. The van der Waals surface area contributed by atoms with Crippen LogP contribution in [0.25, 0.3) is 21.3 Å². The highest BCUT2D eigenvalue weighted by atomic mass is 32.1. The van der Waals surface area contributed by atoms with E-state index < -0.39 is 5.97 Å². The van der Waals surface area contributed by atoms with Gasteiger partial charge in [0.05, 0.1) is 10.9 Å². The van der Waals surface area contributed by atoms with Crippen molar-refractivity contribution in [3.05, 3.63) is 71.9 Å². The van der Waals surface area contributed by atoms with Gasteiger partial charge in [-0.25, -0.2) is 14.8 Å². The average molecular weight is 418 g/mol. The van der Waals surface area contributed by atoms with Crippen molar-refractivity contribution in [2.75, 3.05) is 17.2 Å². The summed E-state index contributed by atoms with van der Waals surface area (Å²) in [4.78, 5) is 32.7. The fourth-order valence-electron chi connectivity index (χ4n) is 3.05. The second kappa shape index (κ2) is 8.71. The van der Waals surface area contributed by atoms with E-state index in [1.54, 1.807) is 23.5 Å². The largest absolute Gasteiger partial charge is 0.478 e. The summed E-state index contributed by atoms with van der Waals surface area (Å²) in [6, 6.07) is 16.1. The first kappa shape index (κ1) is 19.5. The summed E-state index contributed by atoms with van der Waals surface area (Å²) >= 11 is 1.56. The molecule has 0 saturated carbocycles. The molecule has 0 unspecified atom stereocenters. The number of amides is 1. The zero-order chi connectivity index (χ0) is 20.9. The van der Waals surface area contributed by atoms with Crippen molar-refractivity contribution in [3.8, 4) is 11.1 Å². The number of carbonyl (C=O) groups excluding carboxylic acids is 1. The number of thiophene rings is 1. The minimum Gasteiger partial charge on any atom is -0.478 e. The molecule has 0 aliphatic rings. The van der Waals surface area contributed by atoms with Crippen molar-refractivity contribution in [2.24, 2.45) is 0 Å². The van der Waals surface area contributed by atoms with E-state index in [2.05, 4.69) is 26.0 Å². The van der Waals surface area contributed by atoms with Crippen LogP contribution >= 0.6 is 11.3 Å². The number of hydrogen-bond acceptors (Lipinski definition) is 6. The van der Waals surface area contributed by atoms with Crippen LogP contribution in [0.3, 0.4) is 0 Å². The first-order valence-electron chi connectivity index (χ1n) is 9.26. The number of fused-ring (bicyclic) bond motifs is 1. The molecule has 0 aliphatic carbocycles. The number of anilines is 2. The molecular weight excluding hydrogens is 400 g/mol. The van der Waals surface area contributed by atoms with Crippen LogP contribution in [-0.4, -0.2) is 33.5 Å². The van der Waals surface area contributed by atoms with Gasteiger partial charge < -0.3 is 15.7 Å². The smallest absolute Gasteiger partial charge is 0.335 e.